The van der Waals surface area contributed by atoms with Gasteiger partial charge in [-0.2, -0.15) is 0 Å². The van der Waals surface area contributed by atoms with Crippen LogP contribution in [0, 0.1) is 0 Å². The number of methoxy groups -OCH3 is 1. The van der Waals surface area contributed by atoms with Gasteiger partial charge >= 0.3 is 0 Å². The number of carbonyl (C=O) groups is 2. The molecule has 2 aromatic rings. The first kappa shape index (κ1) is 16.6. The highest BCUT2D eigenvalue weighted by Gasteiger charge is 2.43. The summed E-state index contributed by atoms with van der Waals surface area (Å²) in [5.41, 5.74) is 0.788. The maximum absolute atomic E-state index is 12.8. The Bertz CT molecular complexity index is 853. The van der Waals surface area contributed by atoms with E-state index in [9.17, 15) is 9.59 Å². The van der Waals surface area contributed by atoms with Crippen molar-refractivity contribution in [2.45, 2.75) is 24.9 Å². The largest absolute Gasteiger partial charge is 0.497 e. The van der Waals surface area contributed by atoms with Crippen LogP contribution in [-0.2, 0) is 0 Å². The van der Waals surface area contributed by atoms with Crippen molar-refractivity contribution < 1.29 is 19.1 Å². The molecule has 1 saturated heterocycles. The third kappa shape index (κ3) is 2.94. The van der Waals surface area contributed by atoms with Crippen LogP contribution >= 0.6 is 0 Å². The number of ketones is 1. The van der Waals surface area contributed by atoms with Crippen LogP contribution < -0.4 is 9.47 Å². The first-order valence-corrected chi connectivity index (χ1v) is 8.85. The van der Waals surface area contributed by atoms with E-state index in [-0.39, 0.29) is 11.7 Å². The van der Waals surface area contributed by atoms with Crippen molar-refractivity contribution in [2.24, 2.45) is 0 Å². The van der Waals surface area contributed by atoms with Gasteiger partial charge in [0.15, 0.2) is 5.78 Å². The number of para-hydroxylation sites is 1. The number of nitrogens with zero attached hydrogens (tertiary/aromatic N) is 1. The summed E-state index contributed by atoms with van der Waals surface area (Å²) in [7, 11) is 1.59. The third-order valence-corrected chi connectivity index (χ3v) is 5.28. The summed E-state index contributed by atoms with van der Waals surface area (Å²) in [6.45, 7) is 1.15. The number of hydrogen-bond donors (Lipinski definition) is 0. The predicted molar refractivity (Wildman–Crippen MR) is 96.9 cm³/mol. The molecule has 0 N–H and O–H groups in total. The maximum atomic E-state index is 12.8. The highest BCUT2D eigenvalue weighted by Crippen LogP contribution is 2.39. The average Bonchev–Trinajstić information content (AvgIpc) is 2.68. The highest BCUT2D eigenvalue weighted by molar-refractivity contribution is 6.00. The standard InChI is InChI=1S/C21H21NO4/c1-25-16-6-4-5-15(13-16)20(24)22-11-9-21(10-12-22)14-18(23)17-7-2-3-8-19(17)26-21/h2-8,13H,9-12,14H2,1H3. The molecule has 0 bridgehead atoms. The molecule has 0 aromatic heterocycles. The Labute approximate surface area is 152 Å². The fourth-order valence-electron chi connectivity index (χ4n) is 3.78. The zero-order chi connectivity index (χ0) is 18.1. The molecule has 5 nitrogen and oxygen atoms in total. The molecule has 2 aromatic carbocycles. The van der Waals surface area contributed by atoms with Crippen molar-refractivity contribution in [1.82, 2.24) is 4.90 Å². The lowest BCUT2D eigenvalue weighted by Gasteiger charge is -2.44. The van der Waals surface area contributed by atoms with E-state index in [0.29, 0.717) is 55.0 Å². The van der Waals surface area contributed by atoms with Crippen LogP contribution in [0.4, 0.5) is 0 Å². The number of ether oxygens (including phenoxy) is 2. The fraction of sp³-hybridized carbons (Fsp3) is 0.333. The number of rotatable bonds is 2. The summed E-state index contributed by atoms with van der Waals surface area (Å²) < 4.78 is 11.4. The molecule has 0 saturated carbocycles. The molecular weight excluding hydrogens is 330 g/mol. The summed E-state index contributed by atoms with van der Waals surface area (Å²) in [5, 5.41) is 0. The van der Waals surface area contributed by atoms with Gasteiger partial charge in [-0.25, -0.2) is 0 Å². The van der Waals surface area contributed by atoms with Gasteiger partial charge < -0.3 is 14.4 Å². The summed E-state index contributed by atoms with van der Waals surface area (Å²) in [4.78, 5) is 27.1. The Balaban J connectivity index is 1.47. The van der Waals surface area contributed by atoms with Gasteiger partial charge in [0.1, 0.15) is 17.1 Å². The molecule has 0 unspecified atom stereocenters. The number of benzene rings is 2. The van der Waals surface area contributed by atoms with E-state index in [1.165, 1.54) is 0 Å². The van der Waals surface area contributed by atoms with E-state index in [1.807, 2.05) is 41.3 Å². The molecule has 1 amide bonds. The number of hydrogen-bond acceptors (Lipinski definition) is 4. The predicted octanol–water partition coefficient (Wildman–Crippen LogP) is 3.34. The number of fused-ring (bicyclic) bond motifs is 1. The Kier molecular flexibility index (Phi) is 4.15. The minimum atomic E-state index is -0.489. The molecule has 0 aliphatic carbocycles. The van der Waals surface area contributed by atoms with Gasteiger partial charge in [-0.1, -0.05) is 18.2 Å². The molecule has 0 radical (unpaired) electrons. The van der Waals surface area contributed by atoms with Crippen LogP contribution in [-0.4, -0.2) is 42.4 Å². The van der Waals surface area contributed by atoms with Crippen LogP contribution in [0.25, 0.3) is 0 Å². The van der Waals surface area contributed by atoms with Gasteiger partial charge in [0, 0.05) is 31.5 Å². The molecule has 134 valence electrons. The average molecular weight is 351 g/mol. The minimum absolute atomic E-state index is 0.0127. The van der Waals surface area contributed by atoms with E-state index in [4.69, 9.17) is 9.47 Å². The molecule has 2 aliphatic rings. The molecule has 2 heterocycles. The molecular formula is C21H21NO4. The summed E-state index contributed by atoms with van der Waals surface area (Å²) in [6, 6.07) is 14.6. The lowest BCUT2D eigenvalue weighted by molar-refractivity contribution is -0.00571. The van der Waals surface area contributed by atoms with Crippen molar-refractivity contribution >= 4 is 11.7 Å². The van der Waals surface area contributed by atoms with E-state index in [1.54, 1.807) is 19.2 Å². The van der Waals surface area contributed by atoms with Crippen molar-refractivity contribution in [3.8, 4) is 11.5 Å². The Hall–Kier alpha value is -2.82. The smallest absolute Gasteiger partial charge is 0.253 e. The second-order valence-corrected chi connectivity index (χ2v) is 6.91. The topological polar surface area (TPSA) is 55.8 Å². The van der Waals surface area contributed by atoms with Crippen LogP contribution in [0.3, 0.4) is 0 Å². The van der Waals surface area contributed by atoms with E-state index in [2.05, 4.69) is 0 Å². The number of carbonyl (C=O) groups excluding carboxylic acids is 2. The zero-order valence-corrected chi connectivity index (χ0v) is 14.7. The lowest BCUT2D eigenvalue weighted by atomic mass is 9.82. The monoisotopic (exact) mass is 351 g/mol. The van der Waals surface area contributed by atoms with Crippen molar-refractivity contribution in [1.29, 1.82) is 0 Å². The Morgan fingerprint density at radius 2 is 1.88 bits per heavy atom. The van der Waals surface area contributed by atoms with Crippen LogP contribution in [0.2, 0.25) is 0 Å². The van der Waals surface area contributed by atoms with Crippen molar-refractivity contribution in [3.63, 3.8) is 0 Å². The third-order valence-electron chi connectivity index (χ3n) is 5.28. The van der Waals surface area contributed by atoms with Crippen LogP contribution in [0.5, 0.6) is 11.5 Å². The van der Waals surface area contributed by atoms with Crippen LogP contribution in [0.15, 0.2) is 48.5 Å². The second-order valence-electron chi connectivity index (χ2n) is 6.91. The van der Waals surface area contributed by atoms with Gasteiger partial charge in [0.25, 0.3) is 5.91 Å². The first-order valence-electron chi connectivity index (χ1n) is 8.85. The Morgan fingerprint density at radius 3 is 2.65 bits per heavy atom. The van der Waals surface area contributed by atoms with Gasteiger partial charge in [0.05, 0.1) is 19.1 Å². The quantitative estimate of drug-likeness (QED) is 0.833. The van der Waals surface area contributed by atoms with Crippen molar-refractivity contribution in [3.05, 3.63) is 59.7 Å². The fourth-order valence-corrected chi connectivity index (χ4v) is 3.78. The van der Waals surface area contributed by atoms with Gasteiger partial charge in [-0.3, -0.25) is 9.59 Å². The van der Waals surface area contributed by atoms with Crippen LogP contribution in [0.1, 0.15) is 40.0 Å². The number of Topliss-reactive ketones (excluding diaryl/α,β-unsaturated/α-hetero) is 1. The molecule has 1 fully saturated rings. The molecule has 26 heavy (non-hydrogen) atoms. The summed E-state index contributed by atoms with van der Waals surface area (Å²) >= 11 is 0. The molecule has 2 aliphatic heterocycles. The number of piperidine rings is 1. The molecule has 1 spiro atoms. The molecule has 4 rings (SSSR count). The molecule has 0 atom stereocenters. The lowest BCUT2D eigenvalue weighted by Crippen LogP contribution is -2.52. The van der Waals surface area contributed by atoms with Crippen molar-refractivity contribution in [2.75, 3.05) is 20.2 Å². The van der Waals surface area contributed by atoms with E-state index in [0.717, 1.165) is 0 Å². The van der Waals surface area contributed by atoms with Gasteiger partial charge in [-0.15, -0.1) is 0 Å². The number of likely N-dealkylation sites (tertiary alicyclic amines) is 1. The zero-order valence-electron chi connectivity index (χ0n) is 14.7. The maximum Gasteiger partial charge on any atom is 0.253 e. The summed E-state index contributed by atoms with van der Waals surface area (Å²) in [5.74, 6) is 1.44. The van der Waals surface area contributed by atoms with E-state index >= 15 is 0 Å². The Morgan fingerprint density at radius 1 is 1.12 bits per heavy atom. The number of amides is 1. The van der Waals surface area contributed by atoms with E-state index < -0.39 is 5.60 Å². The van der Waals surface area contributed by atoms with Gasteiger partial charge in [-0.05, 0) is 30.3 Å². The molecule has 5 heteroatoms. The SMILES string of the molecule is COc1cccc(C(=O)N2CCC3(CC2)CC(=O)c2ccccc2O3)c1. The van der Waals surface area contributed by atoms with Gasteiger partial charge in [0.2, 0.25) is 0 Å². The normalized spacial score (nSPS) is 18.2. The summed E-state index contributed by atoms with van der Waals surface area (Å²) in [6.07, 6.45) is 1.69. The highest BCUT2D eigenvalue weighted by atomic mass is 16.5. The minimum Gasteiger partial charge on any atom is -0.497 e. The second kappa shape index (κ2) is 6.48. The first-order chi connectivity index (χ1) is 12.6.